The molecule has 0 aliphatic rings. The fraction of sp³-hybridized carbons (Fsp3) is 0.300. The molecule has 0 radical (unpaired) electrons. The lowest BCUT2D eigenvalue weighted by molar-refractivity contribution is -0.0962. The third-order valence-electron chi connectivity index (χ3n) is 1.56. The number of aromatic nitrogens is 1. The van der Waals surface area contributed by atoms with Crippen molar-refractivity contribution in [3.63, 3.8) is 0 Å². The van der Waals surface area contributed by atoms with Crippen LogP contribution in [0, 0.1) is 6.07 Å². The zero-order valence-electron chi connectivity index (χ0n) is 8.07. The Morgan fingerprint density at radius 2 is 2.07 bits per heavy atom. The summed E-state index contributed by atoms with van der Waals surface area (Å²) in [5.74, 6) is 0. The molecule has 0 unspecified atom stereocenters. The van der Waals surface area contributed by atoms with Crippen LogP contribution in [0.15, 0.2) is 24.5 Å². The van der Waals surface area contributed by atoms with Gasteiger partial charge in [0, 0.05) is 18.0 Å². The van der Waals surface area contributed by atoms with Crippen LogP contribution in [0.3, 0.4) is 0 Å². The monoisotopic (exact) mass is 223 g/mol. The lowest BCUT2D eigenvalue weighted by Gasteiger charge is -2.11. The molecule has 1 aromatic heterocycles. The number of nitrogens with one attached hydrogen (secondary N) is 1. The van der Waals surface area contributed by atoms with E-state index in [-0.39, 0.29) is 4.75 Å². The second-order valence-corrected chi connectivity index (χ2v) is 5.56. The minimum atomic E-state index is -0.361. The number of hydrogen-bond donors (Lipinski definition) is 1. The Kier molecular flexibility index (Phi) is 3.62. The Labute approximate surface area is 93.4 Å². The maximum Gasteiger partial charge on any atom is 0.287 e. The minimum Gasteiger partial charge on any atom is -0.265 e. The Morgan fingerprint density at radius 3 is 2.57 bits per heavy atom. The van der Waals surface area contributed by atoms with Crippen molar-refractivity contribution in [2.24, 2.45) is 0 Å². The summed E-state index contributed by atoms with van der Waals surface area (Å²) in [6.07, 6.45) is 3.42. The molecular formula is C10H11N2S2+. The van der Waals surface area contributed by atoms with Crippen LogP contribution in [0.5, 0.6) is 0 Å². The van der Waals surface area contributed by atoms with Gasteiger partial charge in [0.15, 0.2) is 0 Å². The summed E-state index contributed by atoms with van der Waals surface area (Å²) in [6, 6.07) is 6.19. The summed E-state index contributed by atoms with van der Waals surface area (Å²) in [7, 11) is 0. The fourth-order valence-electron chi connectivity index (χ4n) is 0.804. The molecule has 0 aliphatic heterocycles. The van der Waals surface area contributed by atoms with E-state index in [2.05, 4.69) is 11.1 Å². The van der Waals surface area contributed by atoms with Gasteiger partial charge in [-0.2, -0.15) is 0 Å². The van der Waals surface area contributed by atoms with Gasteiger partial charge >= 0.3 is 0 Å². The number of nitrogens with zero attached hydrogens (tertiary/aromatic N) is 1. The molecule has 72 valence electrons. The molecule has 0 spiro atoms. The molecule has 2 nitrogen and oxygen atoms in total. The van der Waals surface area contributed by atoms with Gasteiger partial charge in [0.25, 0.3) is 6.07 Å². The van der Waals surface area contributed by atoms with Crippen molar-refractivity contribution in [1.82, 2.24) is 4.98 Å². The van der Waals surface area contributed by atoms with E-state index < -0.39 is 0 Å². The zero-order valence-corrected chi connectivity index (χ0v) is 9.71. The number of pyridine rings is 1. The summed E-state index contributed by atoms with van der Waals surface area (Å²) in [4.78, 5) is 3.92. The van der Waals surface area contributed by atoms with Crippen LogP contribution in [0.1, 0.15) is 19.4 Å². The van der Waals surface area contributed by atoms with E-state index >= 15 is 0 Å². The van der Waals surface area contributed by atoms with Gasteiger partial charge in [-0.05, 0) is 26.0 Å². The van der Waals surface area contributed by atoms with Crippen molar-refractivity contribution in [2.75, 3.05) is 0 Å². The summed E-state index contributed by atoms with van der Waals surface area (Å²) >= 11 is 6.71. The van der Waals surface area contributed by atoms with Crippen molar-refractivity contribution in [3.05, 3.63) is 30.1 Å². The van der Waals surface area contributed by atoms with Crippen molar-refractivity contribution in [3.8, 4) is 6.07 Å². The van der Waals surface area contributed by atoms with E-state index in [1.54, 1.807) is 12.4 Å². The van der Waals surface area contributed by atoms with E-state index in [0.717, 1.165) is 9.76 Å². The molecule has 0 bridgehead atoms. The van der Waals surface area contributed by atoms with Crippen molar-refractivity contribution in [2.45, 2.75) is 18.6 Å². The average molecular weight is 223 g/mol. The molecule has 14 heavy (non-hydrogen) atoms. The van der Waals surface area contributed by atoms with Crippen LogP contribution in [0.2, 0.25) is 0 Å². The molecule has 0 saturated heterocycles. The van der Waals surface area contributed by atoms with Gasteiger partial charge in [-0.3, -0.25) is 4.98 Å². The first-order valence-corrected chi connectivity index (χ1v) is 5.35. The number of thioether (sulfide) groups is 1. The van der Waals surface area contributed by atoms with E-state index in [1.165, 1.54) is 11.8 Å². The predicted molar refractivity (Wildman–Crippen MR) is 62.5 cm³/mol. The maximum absolute atomic E-state index is 7.12. The molecular weight excluding hydrogens is 212 g/mol. The highest BCUT2D eigenvalue weighted by molar-refractivity contribution is 8.24. The number of rotatable bonds is 2. The smallest absolute Gasteiger partial charge is 0.265 e. The van der Waals surface area contributed by atoms with Gasteiger partial charge in [0.2, 0.25) is 0 Å². The third-order valence-corrected chi connectivity index (χ3v) is 3.08. The van der Waals surface area contributed by atoms with E-state index in [0.29, 0.717) is 0 Å². The first-order chi connectivity index (χ1) is 6.55. The van der Waals surface area contributed by atoms with Crippen molar-refractivity contribution >= 4 is 28.2 Å². The van der Waals surface area contributed by atoms with Gasteiger partial charge < -0.3 is 0 Å². The normalized spacial score (nSPS) is 10.6. The lowest BCUT2D eigenvalue weighted by Crippen LogP contribution is -2.28. The molecule has 1 rings (SSSR count). The number of hydrogen-bond acceptors (Lipinski definition) is 3. The van der Waals surface area contributed by atoms with Crippen LogP contribution in [0.4, 0.5) is 0 Å². The highest BCUT2D eigenvalue weighted by Crippen LogP contribution is 2.27. The minimum absolute atomic E-state index is 0.361. The van der Waals surface area contributed by atoms with Crippen molar-refractivity contribution in [1.29, 1.82) is 0 Å². The maximum atomic E-state index is 7.12. The van der Waals surface area contributed by atoms with Crippen molar-refractivity contribution < 1.29 is 5.26 Å². The topological polar surface area (TPSA) is 36.7 Å². The molecule has 1 N–H and O–H groups in total. The molecule has 0 amide bonds. The van der Waals surface area contributed by atoms with Gasteiger partial charge in [-0.25, -0.2) is 0 Å². The van der Waals surface area contributed by atoms with Crippen LogP contribution < -0.4 is 5.26 Å². The Bertz CT molecular complexity index is 365. The Balaban J connectivity index is 2.75. The highest BCUT2D eigenvalue weighted by atomic mass is 32.2. The summed E-state index contributed by atoms with van der Waals surface area (Å²) in [5, 5.41) is 7.12. The molecule has 1 aromatic rings. The largest absolute Gasteiger partial charge is 0.287 e. The van der Waals surface area contributed by atoms with E-state index in [4.69, 9.17) is 17.5 Å². The standard InChI is InChI=1S/C10H10N2S2/c1-10(2,7-11)14-9(13)8-3-5-12-6-4-8/h3-6H,1-2H3/p+1. The van der Waals surface area contributed by atoms with Gasteiger partial charge in [0.05, 0.1) is 4.20 Å². The molecule has 0 saturated carbocycles. The van der Waals surface area contributed by atoms with Gasteiger partial charge in [0.1, 0.15) is 4.75 Å². The Morgan fingerprint density at radius 1 is 1.50 bits per heavy atom. The van der Waals surface area contributed by atoms with Crippen LogP contribution in [-0.4, -0.2) is 13.9 Å². The quantitative estimate of drug-likeness (QED) is 0.761. The lowest BCUT2D eigenvalue weighted by atomic mass is 10.2. The third kappa shape index (κ3) is 3.09. The van der Waals surface area contributed by atoms with Crippen LogP contribution in [-0.2, 0) is 0 Å². The second kappa shape index (κ2) is 4.54. The summed E-state index contributed by atoms with van der Waals surface area (Å²) < 4.78 is 0.414. The fourth-order valence-corrected chi connectivity index (χ4v) is 2.33. The zero-order chi connectivity index (χ0) is 10.6. The summed E-state index contributed by atoms with van der Waals surface area (Å²) in [5.41, 5.74) is 0.975. The molecule has 0 atom stereocenters. The first-order valence-electron chi connectivity index (χ1n) is 4.12. The average Bonchev–Trinajstić information content (AvgIpc) is 2.19. The van der Waals surface area contributed by atoms with Crippen LogP contribution >= 0.6 is 24.0 Å². The Hall–Kier alpha value is -0.920. The molecule has 0 aliphatic carbocycles. The van der Waals surface area contributed by atoms with Gasteiger partial charge in [-0.1, -0.05) is 29.2 Å². The van der Waals surface area contributed by atoms with Crippen LogP contribution in [0.25, 0.3) is 0 Å². The first kappa shape index (κ1) is 11.2. The number of thiocarbonyl (C=S) groups is 1. The van der Waals surface area contributed by atoms with E-state index in [1.807, 2.05) is 26.0 Å². The second-order valence-electron chi connectivity index (χ2n) is 3.26. The summed E-state index contributed by atoms with van der Waals surface area (Å²) in [6.45, 7) is 3.83. The highest BCUT2D eigenvalue weighted by Gasteiger charge is 2.24. The molecule has 1 heterocycles. The predicted octanol–water partition coefficient (Wildman–Crippen LogP) is 1.04. The van der Waals surface area contributed by atoms with E-state index in [9.17, 15) is 0 Å². The van der Waals surface area contributed by atoms with Gasteiger partial charge in [-0.15, -0.1) is 0 Å². The molecule has 0 fully saturated rings. The molecule has 4 heteroatoms. The SMILES string of the molecule is CC(C)(C#[NH+])SC(=S)c1ccncc1. The molecule has 0 aromatic carbocycles.